The average Bonchev–Trinajstić information content (AvgIpc) is 2.87. The molecule has 1 aromatic carbocycles. The highest BCUT2D eigenvalue weighted by molar-refractivity contribution is 5.88. The maximum Gasteiger partial charge on any atom is 0.373 e. The van der Waals surface area contributed by atoms with Crippen LogP contribution in [0.15, 0.2) is 41.0 Å². The van der Waals surface area contributed by atoms with Crippen LogP contribution in [0.2, 0.25) is 0 Å². The van der Waals surface area contributed by atoms with Crippen LogP contribution in [-0.2, 0) is 4.74 Å². The van der Waals surface area contributed by atoms with Crippen molar-refractivity contribution in [3.05, 3.63) is 42.4 Å². The first-order chi connectivity index (χ1) is 8.24. The Hall–Kier alpha value is -2.23. The summed E-state index contributed by atoms with van der Waals surface area (Å²) in [6.07, 6.45) is 1.51. The first-order valence-electron chi connectivity index (χ1n) is 5.06. The van der Waals surface area contributed by atoms with Gasteiger partial charge < -0.3 is 13.9 Å². The topological polar surface area (TPSA) is 48.7 Å². The van der Waals surface area contributed by atoms with Crippen LogP contribution < -0.4 is 4.74 Å². The van der Waals surface area contributed by atoms with Crippen molar-refractivity contribution >= 4 is 5.97 Å². The Labute approximate surface area is 98.8 Å². The Morgan fingerprint density at radius 3 is 2.71 bits per heavy atom. The molecule has 0 spiro atoms. The second-order valence-electron chi connectivity index (χ2n) is 3.42. The van der Waals surface area contributed by atoms with E-state index in [2.05, 4.69) is 4.74 Å². The van der Waals surface area contributed by atoms with Gasteiger partial charge >= 0.3 is 5.97 Å². The number of esters is 1. The van der Waals surface area contributed by atoms with Crippen molar-refractivity contribution in [1.29, 1.82) is 0 Å². The standard InChI is InChI=1S/C13H12O4/c1-15-11-5-3-4-9(6-11)10-7-12(17-8-10)13(14)16-2/h3-8H,1-2H3. The number of rotatable bonds is 3. The van der Waals surface area contributed by atoms with E-state index in [1.165, 1.54) is 13.4 Å². The minimum atomic E-state index is -0.487. The maximum atomic E-state index is 11.2. The zero-order valence-electron chi connectivity index (χ0n) is 9.60. The third-order valence-corrected chi connectivity index (χ3v) is 2.39. The number of ether oxygens (including phenoxy) is 2. The number of carbonyl (C=O) groups excluding carboxylic acids is 1. The Kier molecular flexibility index (Phi) is 3.14. The molecule has 4 nitrogen and oxygen atoms in total. The lowest BCUT2D eigenvalue weighted by molar-refractivity contribution is 0.0565. The van der Waals surface area contributed by atoms with Gasteiger partial charge in [0.1, 0.15) is 5.75 Å². The fraction of sp³-hybridized carbons (Fsp3) is 0.154. The SMILES string of the molecule is COC(=O)c1cc(-c2cccc(OC)c2)co1. The molecule has 2 aromatic rings. The van der Waals surface area contributed by atoms with Gasteiger partial charge in [0.25, 0.3) is 0 Å². The molecule has 0 saturated heterocycles. The average molecular weight is 232 g/mol. The number of methoxy groups -OCH3 is 2. The highest BCUT2D eigenvalue weighted by atomic mass is 16.5. The van der Waals surface area contributed by atoms with E-state index in [0.29, 0.717) is 0 Å². The lowest BCUT2D eigenvalue weighted by Gasteiger charge is -2.01. The Morgan fingerprint density at radius 2 is 2.00 bits per heavy atom. The first-order valence-corrected chi connectivity index (χ1v) is 5.06. The van der Waals surface area contributed by atoms with E-state index in [9.17, 15) is 4.79 Å². The first kappa shape index (κ1) is 11.3. The van der Waals surface area contributed by atoms with Crippen molar-refractivity contribution in [3.63, 3.8) is 0 Å². The molecule has 0 bridgehead atoms. The molecular weight excluding hydrogens is 220 g/mol. The van der Waals surface area contributed by atoms with Crippen LogP contribution in [0.4, 0.5) is 0 Å². The monoisotopic (exact) mass is 232 g/mol. The van der Waals surface area contributed by atoms with Gasteiger partial charge in [-0.15, -0.1) is 0 Å². The number of hydrogen-bond acceptors (Lipinski definition) is 4. The summed E-state index contributed by atoms with van der Waals surface area (Å²) < 4.78 is 14.8. The molecule has 0 aliphatic rings. The largest absolute Gasteiger partial charge is 0.497 e. The van der Waals surface area contributed by atoms with Gasteiger partial charge in [-0.3, -0.25) is 0 Å². The molecule has 0 radical (unpaired) electrons. The molecule has 0 N–H and O–H groups in total. The fourth-order valence-corrected chi connectivity index (χ4v) is 1.50. The van der Waals surface area contributed by atoms with E-state index in [0.717, 1.165) is 16.9 Å². The third-order valence-electron chi connectivity index (χ3n) is 2.39. The van der Waals surface area contributed by atoms with Crippen LogP contribution in [0.1, 0.15) is 10.6 Å². The molecular formula is C13H12O4. The fourth-order valence-electron chi connectivity index (χ4n) is 1.50. The molecule has 17 heavy (non-hydrogen) atoms. The van der Waals surface area contributed by atoms with Crippen molar-refractivity contribution in [1.82, 2.24) is 0 Å². The van der Waals surface area contributed by atoms with Crippen LogP contribution in [0.25, 0.3) is 11.1 Å². The van der Waals surface area contributed by atoms with Crippen molar-refractivity contribution < 1.29 is 18.7 Å². The molecule has 0 amide bonds. The zero-order chi connectivity index (χ0) is 12.3. The van der Waals surface area contributed by atoms with E-state index in [1.54, 1.807) is 13.2 Å². The molecule has 0 unspecified atom stereocenters. The predicted octanol–water partition coefficient (Wildman–Crippen LogP) is 2.74. The molecule has 88 valence electrons. The molecule has 2 rings (SSSR count). The summed E-state index contributed by atoms with van der Waals surface area (Å²) in [7, 11) is 2.92. The lowest BCUT2D eigenvalue weighted by atomic mass is 10.1. The zero-order valence-corrected chi connectivity index (χ0v) is 9.60. The predicted molar refractivity (Wildman–Crippen MR) is 62.0 cm³/mol. The molecule has 0 aliphatic carbocycles. The highest BCUT2D eigenvalue weighted by Crippen LogP contribution is 2.25. The van der Waals surface area contributed by atoms with Gasteiger partial charge in [-0.25, -0.2) is 4.79 Å². The van der Waals surface area contributed by atoms with Crippen molar-refractivity contribution in [3.8, 4) is 16.9 Å². The number of furan rings is 1. The second-order valence-corrected chi connectivity index (χ2v) is 3.42. The minimum Gasteiger partial charge on any atom is -0.497 e. The summed E-state index contributed by atoms with van der Waals surface area (Å²) in [5.74, 6) is 0.452. The normalized spacial score (nSPS) is 10.0. The van der Waals surface area contributed by atoms with Gasteiger partial charge in [-0.2, -0.15) is 0 Å². The summed E-state index contributed by atoms with van der Waals surface area (Å²) in [6, 6.07) is 9.14. The van der Waals surface area contributed by atoms with E-state index in [1.807, 2.05) is 24.3 Å². The van der Waals surface area contributed by atoms with E-state index < -0.39 is 5.97 Å². The maximum absolute atomic E-state index is 11.2. The van der Waals surface area contributed by atoms with Gasteiger partial charge in [-0.1, -0.05) is 12.1 Å². The van der Waals surface area contributed by atoms with E-state index in [4.69, 9.17) is 9.15 Å². The van der Waals surface area contributed by atoms with Gasteiger partial charge in [0.05, 0.1) is 20.5 Å². The summed E-state index contributed by atoms with van der Waals surface area (Å²) in [4.78, 5) is 11.2. The number of hydrogen-bond donors (Lipinski definition) is 0. The highest BCUT2D eigenvalue weighted by Gasteiger charge is 2.12. The van der Waals surface area contributed by atoms with Crippen molar-refractivity contribution in [2.75, 3.05) is 14.2 Å². The third kappa shape index (κ3) is 2.30. The Morgan fingerprint density at radius 1 is 1.18 bits per heavy atom. The number of carbonyl (C=O) groups is 1. The molecule has 4 heteroatoms. The molecule has 1 heterocycles. The van der Waals surface area contributed by atoms with Gasteiger partial charge in [0, 0.05) is 5.56 Å². The summed E-state index contributed by atoms with van der Waals surface area (Å²) >= 11 is 0. The van der Waals surface area contributed by atoms with Crippen molar-refractivity contribution in [2.24, 2.45) is 0 Å². The van der Waals surface area contributed by atoms with Crippen LogP contribution in [-0.4, -0.2) is 20.2 Å². The van der Waals surface area contributed by atoms with E-state index >= 15 is 0 Å². The molecule has 1 aromatic heterocycles. The quantitative estimate of drug-likeness (QED) is 0.763. The second kappa shape index (κ2) is 4.74. The lowest BCUT2D eigenvalue weighted by Crippen LogP contribution is -1.98. The minimum absolute atomic E-state index is 0.185. The van der Waals surface area contributed by atoms with Gasteiger partial charge in [-0.05, 0) is 23.8 Å². The summed E-state index contributed by atoms with van der Waals surface area (Å²) in [6.45, 7) is 0. The van der Waals surface area contributed by atoms with Crippen LogP contribution in [0.5, 0.6) is 5.75 Å². The molecule has 0 atom stereocenters. The molecule has 0 saturated carbocycles. The van der Waals surface area contributed by atoms with Crippen LogP contribution >= 0.6 is 0 Å². The Balaban J connectivity index is 2.33. The van der Waals surface area contributed by atoms with Crippen LogP contribution in [0, 0.1) is 0 Å². The van der Waals surface area contributed by atoms with E-state index in [-0.39, 0.29) is 5.76 Å². The van der Waals surface area contributed by atoms with Crippen LogP contribution in [0.3, 0.4) is 0 Å². The van der Waals surface area contributed by atoms with Gasteiger partial charge in [0.2, 0.25) is 5.76 Å². The van der Waals surface area contributed by atoms with Gasteiger partial charge in [0.15, 0.2) is 0 Å². The molecule has 0 fully saturated rings. The number of benzene rings is 1. The summed E-state index contributed by atoms with van der Waals surface area (Å²) in [5.41, 5.74) is 1.73. The summed E-state index contributed by atoms with van der Waals surface area (Å²) in [5, 5.41) is 0. The molecule has 0 aliphatic heterocycles. The Bertz CT molecular complexity index is 528. The smallest absolute Gasteiger partial charge is 0.373 e. The van der Waals surface area contributed by atoms with Crippen molar-refractivity contribution in [2.45, 2.75) is 0 Å².